The van der Waals surface area contributed by atoms with E-state index < -0.39 is 23.8 Å². The van der Waals surface area contributed by atoms with E-state index in [1.165, 1.54) is 12.3 Å². The van der Waals surface area contributed by atoms with Gasteiger partial charge >= 0.3 is 11.7 Å². The number of ether oxygens (including phenoxy) is 1. The molecule has 3 aromatic rings. The van der Waals surface area contributed by atoms with Gasteiger partial charge in [-0.05, 0) is 31.9 Å². The number of hydrogen-bond acceptors (Lipinski definition) is 9. The van der Waals surface area contributed by atoms with Gasteiger partial charge in [-0.3, -0.25) is 28.3 Å². The second-order valence-corrected chi connectivity index (χ2v) is 8.79. The van der Waals surface area contributed by atoms with Gasteiger partial charge in [0, 0.05) is 25.3 Å². The number of anilines is 1. The number of pyridine rings is 1. The lowest BCUT2D eigenvalue weighted by molar-refractivity contribution is -0.143. The van der Waals surface area contributed by atoms with E-state index in [1.54, 1.807) is 23.6 Å². The quantitative estimate of drug-likeness (QED) is 0.254. The zero-order valence-corrected chi connectivity index (χ0v) is 21.1. The van der Waals surface area contributed by atoms with E-state index in [4.69, 9.17) is 10.5 Å². The SMILES string of the molecule is C=CCOC(=O)Cn1c(=O)n(Cc2ncccc2C#N)c(=O)c2c1nc(N1CCCC(N)C1)n2CC#CC. The van der Waals surface area contributed by atoms with Gasteiger partial charge in [-0.25, -0.2) is 4.79 Å². The van der Waals surface area contributed by atoms with Crippen LogP contribution in [0.25, 0.3) is 11.2 Å². The van der Waals surface area contributed by atoms with E-state index in [-0.39, 0.29) is 48.2 Å². The summed E-state index contributed by atoms with van der Waals surface area (Å²) in [6, 6.07) is 5.10. The number of nitriles is 1. The minimum atomic E-state index is -0.777. The molecule has 4 heterocycles. The zero-order valence-electron chi connectivity index (χ0n) is 21.1. The van der Waals surface area contributed by atoms with E-state index in [9.17, 15) is 19.6 Å². The predicted molar refractivity (Wildman–Crippen MR) is 140 cm³/mol. The van der Waals surface area contributed by atoms with E-state index in [2.05, 4.69) is 28.4 Å². The molecule has 3 aromatic heterocycles. The Morgan fingerprint density at radius 1 is 1.34 bits per heavy atom. The monoisotopic (exact) mass is 516 g/mol. The van der Waals surface area contributed by atoms with E-state index in [1.807, 2.05) is 11.0 Å². The van der Waals surface area contributed by atoms with Crippen LogP contribution in [0.15, 0.2) is 40.6 Å². The molecule has 1 aliphatic heterocycles. The molecule has 0 aliphatic carbocycles. The van der Waals surface area contributed by atoms with E-state index in [0.717, 1.165) is 22.0 Å². The molecule has 196 valence electrons. The van der Waals surface area contributed by atoms with Gasteiger partial charge in [0.05, 0.1) is 24.3 Å². The van der Waals surface area contributed by atoms with E-state index >= 15 is 0 Å². The maximum Gasteiger partial charge on any atom is 0.333 e. The van der Waals surface area contributed by atoms with Crippen LogP contribution in [0.4, 0.5) is 5.95 Å². The second kappa shape index (κ2) is 11.6. The molecule has 0 bridgehead atoms. The maximum atomic E-state index is 13.9. The first kappa shape index (κ1) is 26.4. The smallest absolute Gasteiger partial charge is 0.333 e. The van der Waals surface area contributed by atoms with Crippen molar-refractivity contribution in [3.05, 3.63) is 63.1 Å². The predicted octanol–water partition coefficient (Wildman–Crippen LogP) is 0.355. The molecule has 1 fully saturated rings. The van der Waals surface area contributed by atoms with Crippen LogP contribution in [0.2, 0.25) is 0 Å². The Hall–Kier alpha value is -4.68. The minimum Gasteiger partial charge on any atom is -0.460 e. The molecule has 1 aliphatic rings. The maximum absolute atomic E-state index is 13.9. The first-order valence-corrected chi connectivity index (χ1v) is 12.1. The van der Waals surface area contributed by atoms with Crippen molar-refractivity contribution in [1.29, 1.82) is 5.26 Å². The third kappa shape index (κ3) is 5.21. The number of nitrogens with two attached hydrogens (primary N) is 1. The highest BCUT2D eigenvalue weighted by Gasteiger charge is 2.28. The van der Waals surface area contributed by atoms with Crippen molar-refractivity contribution in [3.63, 3.8) is 0 Å². The van der Waals surface area contributed by atoms with Crippen LogP contribution in [0, 0.1) is 23.2 Å². The fourth-order valence-corrected chi connectivity index (χ4v) is 4.44. The number of hydrogen-bond donors (Lipinski definition) is 1. The van der Waals surface area contributed by atoms with Crippen molar-refractivity contribution in [1.82, 2.24) is 23.7 Å². The Morgan fingerprint density at radius 3 is 2.87 bits per heavy atom. The Morgan fingerprint density at radius 2 is 2.16 bits per heavy atom. The molecule has 38 heavy (non-hydrogen) atoms. The Bertz CT molecular complexity index is 1600. The summed E-state index contributed by atoms with van der Waals surface area (Å²) in [4.78, 5) is 50.9. The Kier molecular flexibility index (Phi) is 8.04. The summed E-state index contributed by atoms with van der Waals surface area (Å²) in [7, 11) is 0. The van der Waals surface area contributed by atoms with Crippen LogP contribution in [0.5, 0.6) is 0 Å². The average molecular weight is 517 g/mol. The van der Waals surface area contributed by atoms with Crippen molar-refractivity contribution in [2.24, 2.45) is 5.73 Å². The topological polar surface area (TPSA) is 154 Å². The molecule has 0 saturated carbocycles. The Labute approximate surface area is 218 Å². The number of aromatic nitrogens is 5. The van der Waals surface area contributed by atoms with E-state index in [0.29, 0.717) is 19.0 Å². The van der Waals surface area contributed by atoms with Gasteiger partial charge in [-0.15, -0.1) is 5.92 Å². The summed E-state index contributed by atoms with van der Waals surface area (Å²) < 4.78 is 8.83. The standard InChI is InChI=1S/C26H28N8O4/c1-3-5-12-32-22-23(30-25(32)31-11-7-9-19(28)15-31)33(17-21(35)38-13-4-2)26(37)34(24(22)36)16-20-18(14-27)8-6-10-29-20/h4,6,8,10,19H,2,7,9,11-13,15-17,28H2,1H3. The molecule has 0 aromatic carbocycles. The number of piperidine rings is 1. The fourth-order valence-electron chi connectivity index (χ4n) is 4.44. The first-order valence-electron chi connectivity index (χ1n) is 12.1. The summed E-state index contributed by atoms with van der Waals surface area (Å²) >= 11 is 0. The lowest BCUT2D eigenvalue weighted by Crippen LogP contribution is -2.44. The van der Waals surface area contributed by atoms with Gasteiger partial charge < -0.3 is 15.4 Å². The van der Waals surface area contributed by atoms with Gasteiger partial charge in [0.25, 0.3) is 5.56 Å². The summed E-state index contributed by atoms with van der Waals surface area (Å²) in [6.45, 7) is 5.74. The number of esters is 1. The number of fused-ring (bicyclic) bond motifs is 1. The first-order chi connectivity index (χ1) is 18.4. The number of nitrogens with zero attached hydrogens (tertiary/aromatic N) is 7. The molecular formula is C26H28N8O4. The van der Waals surface area contributed by atoms with Crippen molar-refractivity contribution in [2.45, 2.75) is 45.4 Å². The van der Waals surface area contributed by atoms with Gasteiger partial charge in [0.2, 0.25) is 5.95 Å². The highest BCUT2D eigenvalue weighted by Crippen LogP contribution is 2.23. The minimum absolute atomic E-state index is 0.0344. The van der Waals surface area contributed by atoms with Gasteiger partial charge in [-0.1, -0.05) is 18.6 Å². The second-order valence-electron chi connectivity index (χ2n) is 8.79. The summed E-state index contributed by atoms with van der Waals surface area (Å²) in [5.41, 5.74) is 5.42. The number of imidazole rings is 1. The molecule has 12 nitrogen and oxygen atoms in total. The molecule has 1 saturated heterocycles. The molecule has 4 rings (SSSR count). The van der Waals surface area contributed by atoms with Gasteiger partial charge in [-0.2, -0.15) is 10.2 Å². The van der Waals surface area contributed by atoms with Crippen LogP contribution >= 0.6 is 0 Å². The molecule has 0 amide bonds. The van der Waals surface area contributed by atoms with Crippen molar-refractivity contribution < 1.29 is 9.53 Å². The normalized spacial score (nSPS) is 15.0. The largest absolute Gasteiger partial charge is 0.460 e. The molecule has 0 spiro atoms. The van der Waals surface area contributed by atoms with Crippen LogP contribution < -0.4 is 21.9 Å². The third-order valence-corrected chi connectivity index (χ3v) is 6.22. The fraction of sp³-hybridized carbons (Fsp3) is 0.385. The Balaban J connectivity index is 1.99. The van der Waals surface area contributed by atoms with Crippen molar-refractivity contribution >= 4 is 23.1 Å². The highest BCUT2D eigenvalue weighted by atomic mass is 16.5. The third-order valence-electron chi connectivity index (χ3n) is 6.22. The molecule has 1 atom stereocenters. The molecule has 2 N–H and O–H groups in total. The zero-order chi connectivity index (χ0) is 27.2. The van der Waals surface area contributed by atoms with Crippen LogP contribution in [0.1, 0.15) is 31.0 Å². The lowest BCUT2D eigenvalue weighted by atomic mass is 10.1. The van der Waals surface area contributed by atoms with Gasteiger partial charge in [0.1, 0.15) is 19.2 Å². The number of carbonyl (C=O) groups is 1. The highest BCUT2D eigenvalue weighted by molar-refractivity contribution is 5.77. The molecule has 0 radical (unpaired) electrons. The van der Waals surface area contributed by atoms with Crippen molar-refractivity contribution in [3.8, 4) is 17.9 Å². The van der Waals surface area contributed by atoms with Crippen LogP contribution in [0.3, 0.4) is 0 Å². The average Bonchev–Trinajstić information content (AvgIpc) is 3.30. The number of carbonyl (C=O) groups excluding carboxylic acids is 1. The summed E-state index contributed by atoms with van der Waals surface area (Å²) in [5, 5.41) is 9.50. The lowest BCUT2D eigenvalue weighted by Gasteiger charge is -2.31. The molecule has 1 unspecified atom stereocenters. The van der Waals surface area contributed by atoms with Crippen LogP contribution in [-0.4, -0.2) is 55.4 Å². The van der Waals surface area contributed by atoms with Crippen molar-refractivity contribution in [2.75, 3.05) is 24.6 Å². The molecule has 12 heteroatoms. The summed E-state index contributed by atoms with van der Waals surface area (Å²) in [5.74, 6) is 5.55. The molecular weight excluding hydrogens is 488 g/mol. The summed E-state index contributed by atoms with van der Waals surface area (Å²) in [6.07, 6.45) is 4.59. The number of rotatable bonds is 8. The van der Waals surface area contributed by atoms with Gasteiger partial charge in [0.15, 0.2) is 11.2 Å². The van der Waals surface area contributed by atoms with Crippen LogP contribution in [-0.2, 0) is 29.2 Å².